The highest BCUT2D eigenvalue weighted by molar-refractivity contribution is 6.08. The van der Waals surface area contributed by atoms with Crippen molar-refractivity contribution in [2.75, 3.05) is 4.90 Å². The number of anilines is 1. The molecule has 0 bridgehead atoms. The highest BCUT2D eigenvalue weighted by atomic mass is 16.6. The molecule has 3 rings (SSSR count). The fraction of sp³-hybridized carbons (Fsp3) is 0.529. The van der Waals surface area contributed by atoms with E-state index < -0.39 is 40.5 Å². The van der Waals surface area contributed by atoms with Crippen molar-refractivity contribution in [1.82, 2.24) is 4.98 Å². The quantitative estimate of drug-likeness (QED) is 0.236. The van der Waals surface area contributed by atoms with Crippen LogP contribution < -0.4 is 4.90 Å². The van der Waals surface area contributed by atoms with Crippen LogP contribution in [0.2, 0.25) is 0 Å². The van der Waals surface area contributed by atoms with Gasteiger partial charge in [0.05, 0.1) is 5.92 Å². The third-order valence-electron chi connectivity index (χ3n) is 6.39. The molecule has 2 aromatic rings. The van der Waals surface area contributed by atoms with Crippen molar-refractivity contribution in [3.63, 3.8) is 0 Å². The number of carbonyl (C=O) groups is 3. The Kier molecular flexibility index (Phi) is 9.97. The van der Waals surface area contributed by atoms with Crippen LogP contribution in [0.25, 0.3) is 0 Å². The maximum Gasteiger partial charge on any atom is 0.425 e. The first-order valence-electron chi connectivity index (χ1n) is 14.5. The van der Waals surface area contributed by atoms with Crippen LogP contribution in [0.4, 0.5) is 15.4 Å². The SMILES string of the molecule is CC(C)(C)OC(=O)[C@@H]1CCC(O)(C#Cc2cccc(N(C(=O)OC(C)(C)C)C(=O)OC(C)(C)C)n2)C[C@H]1c1ccccc1. The van der Waals surface area contributed by atoms with E-state index in [1.54, 1.807) is 53.7 Å². The highest BCUT2D eigenvalue weighted by Crippen LogP contribution is 2.43. The predicted molar refractivity (Wildman–Crippen MR) is 163 cm³/mol. The van der Waals surface area contributed by atoms with Crippen LogP contribution in [0.15, 0.2) is 48.5 Å². The van der Waals surface area contributed by atoms with E-state index in [9.17, 15) is 19.5 Å². The molecule has 0 saturated heterocycles. The molecule has 1 saturated carbocycles. The summed E-state index contributed by atoms with van der Waals surface area (Å²) in [4.78, 5) is 44.4. The molecule has 1 fully saturated rings. The van der Waals surface area contributed by atoms with E-state index in [0.29, 0.717) is 6.42 Å². The molecule has 0 radical (unpaired) electrons. The molecule has 1 N–H and O–H groups in total. The summed E-state index contributed by atoms with van der Waals surface area (Å²) < 4.78 is 16.6. The van der Waals surface area contributed by atoms with Crippen molar-refractivity contribution in [3.8, 4) is 11.8 Å². The van der Waals surface area contributed by atoms with E-state index in [-0.39, 0.29) is 36.2 Å². The van der Waals surface area contributed by atoms with Gasteiger partial charge in [-0.05, 0) is 105 Å². The van der Waals surface area contributed by atoms with Crippen LogP contribution in [0, 0.1) is 17.8 Å². The summed E-state index contributed by atoms with van der Waals surface area (Å²) in [5.74, 6) is 4.82. The van der Waals surface area contributed by atoms with Gasteiger partial charge in [0.25, 0.3) is 0 Å². The number of rotatable bonds is 3. The lowest BCUT2D eigenvalue weighted by atomic mass is 9.69. The zero-order valence-corrected chi connectivity index (χ0v) is 26.7. The Hall–Kier alpha value is -3.90. The van der Waals surface area contributed by atoms with Gasteiger partial charge in [-0.3, -0.25) is 4.79 Å². The van der Waals surface area contributed by atoms with Crippen LogP contribution >= 0.6 is 0 Å². The number of nitrogens with zero attached hydrogens (tertiary/aromatic N) is 2. The zero-order valence-electron chi connectivity index (χ0n) is 26.7. The summed E-state index contributed by atoms with van der Waals surface area (Å²) >= 11 is 0. The summed E-state index contributed by atoms with van der Waals surface area (Å²) in [7, 11) is 0. The monoisotopic (exact) mass is 592 g/mol. The number of ether oxygens (including phenoxy) is 3. The van der Waals surface area contributed by atoms with Gasteiger partial charge in [0.15, 0.2) is 0 Å². The van der Waals surface area contributed by atoms with Crippen molar-refractivity contribution in [3.05, 3.63) is 59.8 Å². The van der Waals surface area contributed by atoms with Crippen molar-refractivity contribution in [2.45, 2.75) is 110 Å². The lowest BCUT2D eigenvalue weighted by Gasteiger charge is -2.39. The summed E-state index contributed by atoms with van der Waals surface area (Å²) in [5, 5.41) is 11.6. The Labute approximate surface area is 254 Å². The van der Waals surface area contributed by atoms with Crippen LogP contribution in [0.1, 0.15) is 98.8 Å². The average Bonchev–Trinajstić information content (AvgIpc) is 2.85. The molecule has 1 unspecified atom stereocenters. The topological polar surface area (TPSA) is 115 Å². The first kappa shape index (κ1) is 33.6. The molecule has 1 aliphatic rings. The third-order valence-corrected chi connectivity index (χ3v) is 6.39. The molecule has 9 nitrogen and oxygen atoms in total. The number of carbonyl (C=O) groups excluding carboxylic acids is 3. The minimum absolute atomic E-state index is 0.0296. The van der Waals surface area contributed by atoms with E-state index in [4.69, 9.17) is 14.2 Å². The lowest BCUT2D eigenvalue weighted by Crippen LogP contribution is -2.44. The molecule has 0 aliphatic heterocycles. The molecule has 0 spiro atoms. The van der Waals surface area contributed by atoms with Crippen LogP contribution in [0.3, 0.4) is 0 Å². The normalized spacial score (nSPS) is 20.7. The fourth-order valence-corrected chi connectivity index (χ4v) is 4.70. The minimum Gasteiger partial charge on any atom is -0.460 e. The molecule has 232 valence electrons. The highest BCUT2D eigenvalue weighted by Gasteiger charge is 2.44. The lowest BCUT2D eigenvalue weighted by molar-refractivity contribution is -0.163. The molecule has 1 aromatic heterocycles. The standard InChI is InChI=1S/C34H44N2O7/c1-31(2,3)41-28(37)25-19-21-34(40,22-26(25)23-14-11-10-12-15-23)20-18-24-16-13-17-27(35-24)36(29(38)42-32(4,5)6)30(39)43-33(7,8)9/h10-17,25-26,40H,19,21-22H2,1-9H3/t25-,26+,34?/m1/s1. The number of benzene rings is 1. The maximum atomic E-state index is 13.1. The van der Waals surface area contributed by atoms with Crippen LogP contribution in [0.5, 0.6) is 0 Å². The van der Waals surface area contributed by atoms with E-state index in [1.807, 2.05) is 51.1 Å². The number of hydrogen-bond acceptors (Lipinski definition) is 8. The predicted octanol–water partition coefficient (Wildman–Crippen LogP) is 6.77. The Bertz CT molecular complexity index is 1350. The minimum atomic E-state index is -1.41. The molecule has 1 aliphatic carbocycles. The molecule has 1 aromatic carbocycles. The Balaban J connectivity index is 1.92. The van der Waals surface area contributed by atoms with E-state index in [2.05, 4.69) is 16.8 Å². The summed E-state index contributed by atoms with van der Waals surface area (Å²) in [5.41, 5.74) is -2.63. The van der Waals surface area contributed by atoms with Gasteiger partial charge in [0.2, 0.25) is 0 Å². The molecular weight excluding hydrogens is 548 g/mol. The number of aliphatic hydroxyl groups is 1. The van der Waals surface area contributed by atoms with Crippen LogP contribution in [-0.2, 0) is 19.0 Å². The van der Waals surface area contributed by atoms with E-state index in [0.717, 1.165) is 10.5 Å². The maximum absolute atomic E-state index is 13.1. The van der Waals surface area contributed by atoms with Crippen molar-refractivity contribution < 1.29 is 33.7 Å². The number of aromatic nitrogens is 1. The summed E-state index contributed by atoms with van der Waals surface area (Å²) in [6.45, 7) is 15.6. The largest absolute Gasteiger partial charge is 0.460 e. The van der Waals surface area contributed by atoms with Gasteiger partial charge in [-0.2, -0.15) is 4.90 Å². The zero-order chi connectivity index (χ0) is 32.2. The van der Waals surface area contributed by atoms with Gasteiger partial charge in [-0.15, -0.1) is 0 Å². The second kappa shape index (κ2) is 12.8. The molecule has 9 heteroatoms. The second-order valence-corrected chi connectivity index (χ2v) is 13.9. The van der Waals surface area contributed by atoms with Crippen molar-refractivity contribution in [2.24, 2.45) is 5.92 Å². The van der Waals surface area contributed by atoms with Gasteiger partial charge < -0.3 is 19.3 Å². The third kappa shape index (κ3) is 10.1. The molecule has 3 atom stereocenters. The number of esters is 1. The first-order chi connectivity index (χ1) is 19.8. The number of amides is 2. The van der Waals surface area contributed by atoms with Gasteiger partial charge in [0, 0.05) is 5.92 Å². The smallest absolute Gasteiger partial charge is 0.425 e. The average molecular weight is 593 g/mol. The number of hydrogen-bond donors (Lipinski definition) is 1. The van der Waals surface area contributed by atoms with E-state index in [1.165, 1.54) is 6.07 Å². The molecule has 1 heterocycles. The van der Waals surface area contributed by atoms with Crippen molar-refractivity contribution in [1.29, 1.82) is 0 Å². The van der Waals surface area contributed by atoms with E-state index >= 15 is 0 Å². The van der Waals surface area contributed by atoms with Gasteiger partial charge in [-0.1, -0.05) is 42.3 Å². The second-order valence-electron chi connectivity index (χ2n) is 13.9. The Morgan fingerprint density at radius 1 is 0.837 bits per heavy atom. The van der Waals surface area contributed by atoms with Gasteiger partial charge in [-0.25, -0.2) is 14.6 Å². The summed E-state index contributed by atoms with van der Waals surface area (Å²) in [6.07, 6.45) is -1.02. The first-order valence-corrected chi connectivity index (χ1v) is 14.5. The molecular formula is C34H44N2O7. The fourth-order valence-electron chi connectivity index (χ4n) is 4.70. The van der Waals surface area contributed by atoms with Crippen LogP contribution in [-0.4, -0.2) is 50.7 Å². The number of pyridine rings is 1. The molecule has 43 heavy (non-hydrogen) atoms. The van der Waals surface area contributed by atoms with Gasteiger partial charge >= 0.3 is 18.2 Å². The van der Waals surface area contributed by atoms with Crippen molar-refractivity contribution >= 4 is 24.0 Å². The Morgan fingerprint density at radius 3 is 1.93 bits per heavy atom. The van der Waals surface area contributed by atoms with Gasteiger partial charge in [0.1, 0.15) is 33.9 Å². The Morgan fingerprint density at radius 2 is 1.40 bits per heavy atom. The number of imide groups is 1. The summed E-state index contributed by atoms with van der Waals surface area (Å²) in [6, 6.07) is 14.3. The molecule has 2 amide bonds.